The van der Waals surface area contributed by atoms with Crippen LogP contribution in [0.2, 0.25) is 5.02 Å². The van der Waals surface area contributed by atoms with E-state index in [0.29, 0.717) is 11.6 Å². The number of morpholine rings is 1. The van der Waals surface area contributed by atoms with Crippen LogP contribution in [-0.4, -0.2) is 83.3 Å². The quantitative estimate of drug-likeness (QED) is 0.560. The Hall–Kier alpha value is -2.75. The van der Waals surface area contributed by atoms with E-state index in [1.165, 1.54) is 0 Å². The Labute approximate surface area is 210 Å². The van der Waals surface area contributed by atoms with Crippen LogP contribution in [0.15, 0.2) is 24.3 Å². The van der Waals surface area contributed by atoms with E-state index in [-0.39, 0.29) is 11.8 Å². The van der Waals surface area contributed by atoms with Crippen LogP contribution < -0.4 is 10.2 Å². The van der Waals surface area contributed by atoms with Crippen LogP contribution in [0.1, 0.15) is 24.2 Å². The fraction of sp³-hybridized carbons (Fsp3) is 0.520. The van der Waals surface area contributed by atoms with Crippen molar-refractivity contribution in [3.63, 3.8) is 0 Å². The van der Waals surface area contributed by atoms with Gasteiger partial charge in [-0.25, -0.2) is 4.68 Å². The third-order valence-corrected chi connectivity index (χ3v) is 7.30. The van der Waals surface area contributed by atoms with Gasteiger partial charge in [0.25, 0.3) is 0 Å². The Bertz CT molecular complexity index is 1180. The van der Waals surface area contributed by atoms with Crippen LogP contribution in [0, 0.1) is 19.8 Å². The van der Waals surface area contributed by atoms with Gasteiger partial charge in [0, 0.05) is 50.2 Å². The number of carbonyl (C=O) groups excluding carboxylic acids is 1. The summed E-state index contributed by atoms with van der Waals surface area (Å²) >= 11 is 6.08. The fourth-order valence-electron chi connectivity index (χ4n) is 5.02. The second-order valence-electron chi connectivity index (χ2n) is 9.31. The van der Waals surface area contributed by atoms with E-state index in [9.17, 15) is 4.79 Å². The van der Waals surface area contributed by atoms with E-state index < -0.39 is 0 Å². The number of hydrogen-bond donors (Lipinski definition) is 1. The molecule has 2 aliphatic heterocycles. The van der Waals surface area contributed by atoms with Crippen LogP contribution in [0.4, 0.5) is 5.82 Å². The molecule has 4 heterocycles. The number of anilines is 1. The molecule has 5 rings (SSSR count). The summed E-state index contributed by atoms with van der Waals surface area (Å²) in [5, 5.41) is 18.7. The summed E-state index contributed by atoms with van der Waals surface area (Å²) in [7, 11) is 0. The average molecular weight is 498 g/mol. The highest BCUT2D eigenvalue weighted by molar-refractivity contribution is 6.30. The van der Waals surface area contributed by atoms with Gasteiger partial charge in [0.15, 0.2) is 5.82 Å². The molecule has 186 valence electrons. The molecule has 0 radical (unpaired) electrons. The molecule has 0 spiro atoms. The number of hydrogen-bond acceptors (Lipinski definition) is 7. The number of nitrogens with one attached hydrogen (secondary N) is 1. The SMILES string of the molecule is Cc1nnc(N2CCC(C(=O)NCCN3CCOCC3)CC2)c2nn(-c3ccc(Cl)cc3)c(C)c12. The molecule has 2 aliphatic rings. The first kappa shape index (κ1) is 24.0. The minimum absolute atomic E-state index is 0.0261. The standard InChI is InChI=1S/C25H32ClN7O2/c1-17-22-18(2)33(21-5-3-20(26)4-6-21)30-23(22)24(29-28-17)32-10-7-19(8-11-32)25(34)27-9-12-31-13-15-35-16-14-31/h3-6,19H,7-16H2,1-2H3,(H,27,34). The summed E-state index contributed by atoms with van der Waals surface area (Å²) in [5.74, 6) is 0.965. The summed E-state index contributed by atoms with van der Waals surface area (Å²) < 4.78 is 7.31. The topological polar surface area (TPSA) is 88.4 Å². The molecule has 0 saturated carbocycles. The van der Waals surface area contributed by atoms with Crippen molar-refractivity contribution < 1.29 is 9.53 Å². The van der Waals surface area contributed by atoms with Crippen LogP contribution in [0.3, 0.4) is 0 Å². The number of halogens is 1. The maximum absolute atomic E-state index is 12.7. The summed E-state index contributed by atoms with van der Waals surface area (Å²) in [4.78, 5) is 17.3. The predicted molar refractivity (Wildman–Crippen MR) is 136 cm³/mol. The van der Waals surface area contributed by atoms with Gasteiger partial charge in [-0.1, -0.05) is 11.6 Å². The van der Waals surface area contributed by atoms with E-state index in [1.54, 1.807) is 0 Å². The first-order chi connectivity index (χ1) is 17.0. The van der Waals surface area contributed by atoms with E-state index >= 15 is 0 Å². The zero-order valence-corrected chi connectivity index (χ0v) is 21.1. The van der Waals surface area contributed by atoms with Crippen LogP contribution >= 0.6 is 11.6 Å². The van der Waals surface area contributed by atoms with Gasteiger partial charge in [-0.15, -0.1) is 5.10 Å². The highest BCUT2D eigenvalue weighted by atomic mass is 35.5. The highest BCUT2D eigenvalue weighted by Crippen LogP contribution is 2.31. The van der Waals surface area contributed by atoms with Gasteiger partial charge in [0.05, 0.1) is 35.7 Å². The minimum atomic E-state index is 0.0261. The van der Waals surface area contributed by atoms with Crippen molar-refractivity contribution in [1.82, 2.24) is 30.2 Å². The number of aromatic nitrogens is 4. The molecule has 10 heteroatoms. The van der Waals surface area contributed by atoms with E-state index in [2.05, 4.69) is 32.2 Å². The molecule has 2 saturated heterocycles. The number of carbonyl (C=O) groups is 1. The smallest absolute Gasteiger partial charge is 0.223 e. The number of nitrogens with zero attached hydrogens (tertiary/aromatic N) is 6. The highest BCUT2D eigenvalue weighted by Gasteiger charge is 2.28. The Balaban J connectivity index is 1.26. The molecule has 0 unspecified atom stereocenters. The molecular formula is C25H32ClN7O2. The second-order valence-corrected chi connectivity index (χ2v) is 9.75. The molecule has 9 nitrogen and oxygen atoms in total. The number of rotatable bonds is 6. The van der Waals surface area contributed by atoms with Crippen LogP contribution in [-0.2, 0) is 9.53 Å². The normalized spacial score (nSPS) is 17.7. The monoisotopic (exact) mass is 497 g/mol. The Morgan fingerprint density at radius 1 is 1.09 bits per heavy atom. The summed E-state index contributed by atoms with van der Waals surface area (Å²) in [6.45, 7) is 10.5. The lowest BCUT2D eigenvalue weighted by Crippen LogP contribution is -2.44. The molecule has 0 aliphatic carbocycles. The third kappa shape index (κ3) is 5.12. The van der Waals surface area contributed by atoms with Crippen molar-refractivity contribution in [2.45, 2.75) is 26.7 Å². The van der Waals surface area contributed by atoms with E-state index in [0.717, 1.165) is 92.6 Å². The fourth-order valence-corrected chi connectivity index (χ4v) is 5.14. The van der Waals surface area contributed by atoms with E-state index in [1.807, 2.05) is 35.9 Å². The van der Waals surface area contributed by atoms with Crippen molar-refractivity contribution in [1.29, 1.82) is 0 Å². The molecule has 2 fully saturated rings. The number of amides is 1. The van der Waals surface area contributed by atoms with Gasteiger partial charge < -0.3 is 15.0 Å². The van der Waals surface area contributed by atoms with Gasteiger partial charge in [-0.2, -0.15) is 10.2 Å². The third-order valence-electron chi connectivity index (χ3n) is 7.05. The van der Waals surface area contributed by atoms with Gasteiger partial charge >= 0.3 is 0 Å². The minimum Gasteiger partial charge on any atom is -0.379 e. The van der Waals surface area contributed by atoms with Gasteiger partial charge in [-0.05, 0) is 51.0 Å². The first-order valence-electron chi connectivity index (χ1n) is 12.3. The number of benzene rings is 1. The lowest BCUT2D eigenvalue weighted by Gasteiger charge is -2.32. The molecule has 3 aromatic rings. The maximum atomic E-state index is 12.7. The van der Waals surface area contributed by atoms with Crippen LogP contribution in [0.25, 0.3) is 16.6 Å². The van der Waals surface area contributed by atoms with Gasteiger partial charge in [0.1, 0.15) is 5.52 Å². The Morgan fingerprint density at radius 3 is 2.51 bits per heavy atom. The van der Waals surface area contributed by atoms with Gasteiger partial charge in [-0.3, -0.25) is 9.69 Å². The van der Waals surface area contributed by atoms with Gasteiger partial charge in [0.2, 0.25) is 5.91 Å². The number of piperidine rings is 1. The molecular weight excluding hydrogens is 466 g/mol. The number of aryl methyl sites for hydroxylation is 2. The van der Waals surface area contributed by atoms with Crippen molar-refractivity contribution in [3.8, 4) is 5.69 Å². The molecule has 35 heavy (non-hydrogen) atoms. The number of fused-ring (bicyclic) bond motifs is 1. The Kier molecular flexibility index (Phi) is 7.17. The lowest BCUT2D eigenvalue weighted by atomic mass is 9.96. The summed E-state index contributed by atoms with van der Waals surface area (Å²) in [6.07, 6.45) is 1.58. The van der Waals surface area contributed by atoms with E-state index in [4.69, 9.17) is 21.4 Å². The Morgan fingerprint density at radius 2 is 1.80 bits per heavy atom. The zero-order valence-electron chi connectivity index (χ0n) is 20.3. The van der Waals surface area contributed by atoms with Crippen molar-refractivity contribution in [3.05, 3.63) is 40.7 Å². The first-order valence-corrected chi connectivity index (χ1v) is 12.7. The molecule has 1 aromatic carbocycles. The van der Waals surface area contributed by atoms with Crippen LogP contribution in [0.5, 0.6) is 0 Å². The zero-order chi connectivity index (χ0) is 24.4. The maximum Gasteiger partial charge on any atom is 0.223 e. The largest absolute Gasteiger partial charge is 0.379 e. The summed E-state index contributed by atoms with van der Waals surface area (Å²) in [6, 6.07) is 7.65. The molecule has 0 atom stereocenters. The number of ether oxygens (including phenoxy) is 1. The predicted octanol–water partition coefficient (Wildman–Crippen LogP) is 2.75. The average Bonchev–Trinajstić information content (AvgIpc) is 3.23. The summed E-state index contributed by atoms with van der Waals surface area (Å²) in [5.41, 5.74) is 3.67. The van der Waals surface area contributed by atoms with Crippen molar-refractivity contribution in [2.75, 3.05) is 57.4 Å². The van der Waals surface area contributed by atoms with Crippen molar-refractivity contribution >= 4 is 34.2 Å². The molecule has 1 amide bonds. The van der Waals surface area contributed by atoms with Crippen molar-refractivity contribution in [2.24, 2.45) is 5.92 Å². The molecule has 0 bridgehead atoms. The molecule has 2 aromatic heterocycles. The second kappa shape index (κ2) is 10.5. The molecule has 1 N–H and O–H groups in total. The lowest BCUT2D eigenvalue weighted by molar-refractivity contribution is -0.125.